The van der Waals surface area contributed by atoms with Crippen LogP contribution in [0.25, 0.3) is 16.6 Å². The van der Waals surface area contributed by atoms with Gasteiger partial charge in [0.15, 0.2) is 17.3 Å². The van der Waals surface area contributed by atoms with Gasteiger partial charge in [-0.15, -0.1) is 0 Å². The van der Waals surface area contributed by atoms with E-state index in [1.807, 2.05) is 43.3 Å². The zero-order valence-corrected chi connectivity index (χ0v) is 19.8. The molecule has 0 bridgehead atoms. The number of carboxylic acids is 1. The van der Waals surface area contributed by atoms with E-state index < -0.39 is 11.8 Å². The summed E-state index contributed by atoms with van der Waals surface area (Å²) in [5, 5.41) is 10.3. The van der Waals surface area contributed by atoms with Crippen LogP contribution in [-0.4, -0.2) is 46.5 Å². The molecule has 0 spiro atoms. The van der Waals surface area contributed by atoms with Crippen LogP contribution in [0.3, 0.4) is 0 Å². The number of carbonyl (C=O) groups excluding carboxylic acids is 1. The SMILES string of the molecule is CN(C)c1cccc(C/C(C(=O)c2ccc3c(c2)OCO3)=C(\C(=O)O)c2ccc3nsnc3c2)c1. The Balaban J connectivity index is 1.67. The number of rotatable bonds is 7. The first-order valence-corrected chi connectivity index (χ1v) is 11.5. The highest BCUT2D eigenvalue weighted by molar-refractivity contribution is 7.00. The molecule has 0 saturated carbocycles. The van der Waals surface area contributed by atoms with E-state index >= 15 is 0 Å². The van der Waals surface area contributed by atoms with Crippen LogP contribution in [-0.2, 0) is 11.2 Å². The number of ether oxygens (including phenoxy) is 2. The van der Waals surface area contributed by atoms with E-state index in [9.17, 15) is 14.7 Å². The van der Waals surface area contributed by atoms with E-state index in [0.717, 1.165) is 23.0 Å². The molecule has 2 heterocycles. The van der Waals surface area contributed by atoms with Crippen LogP contribution >= 0.6 is 11.7 Å². The number of aromatic nitrogens is 2. The summed E-state index contributed by atoms with van der Waals surface area (Å²) in [6.07, 6.45) is 0.129. The van der Waals surface area contributed by atoms with E-state index in [-0.39, 0.29) is 24.4 Å². The van der Waals surface area contributed by atoms with E-state index in [0.29, 0.717) is 33.7 Å². The fourth-order valence-electron chi connectivity index (χ4n) is 4.01. The first-order valence-electron chi connectivity index (χ1n) is 10.8. The minimum atomic E-state index is -1.19. The molecule has 0 fully saturated rings. The number of hydrogen-bond acceptors (Lipinski definition) is 8. The normalized spacial score (nSPS) is 13.0. The third kappa shape index (κ3) is 4.45. The molecule has 35 heavy (non-hydrogen) atoms. The van der Waals surface area contributed by atoms with Crippen LogP contribution in [0.4, 0.5) is 5.69 Å². The molecule has 176 valence electrons. The summed E-state index contributed by atoms with van der Waals surface area (Å²) in [5.41, 5.74) is 3.82. The van der Waals surface area contributed by atoms with Crippen molar-refractivity contribution in [3.8, 4) is 11.5 Å². The molecule has 0 unspecified atom stereocenters. The number of anilines is 1. The molecule has 1 aliphatic rings. The lowest BCUT2D eigenvalue weighted by molar-refractivity contribution is -0.130. The zero-order chi connectivity index (χ0) is 24.5. The summed E-state index contributed by atoms with van der Waals surface area (Å²) in [6, 6.07) is 17.6. The number of allylic oxidation sites excluding steroid dienone is 1. The highest BCUT2D eigenvalue weighted by Gasteiger charge is 2.26. The second-order valence-corrected chi connectivity index (χ2v) is 8.79. The van der Waals surface area contributed by atoms with Crippen molar-refractivity contribution in [1.82, 2.24) is 8.75 Å². The quantitative estimate of drug-likeness (QED) is 0.301. The van der Waals surface area contributed by atoms with Gasteiger partial charge in [0, 0.05) is 37.3 Å². The Hall–Kier alpha value is -4.24. The molecule has 1 aromatic heterocycles. The van der Waals surface area contributed by atoms with Crippen LogP contribution in [0.2, 0.25) is 0 Å². The van der Waals surface area contributed by atoms with Crippen molar-refractivity contribution < 1.29 is 24.2 Å². The van der Waals surface area contributed by atoms with Gasteiger partial charge in [0.25, 0.3) is 0 Å². The van der Waals surface area contributed by atoms with Gasteiger partial charge in [-0.2, -0.15) is 8.75 Å². The summed E-state index contributed by atoms with van der Waals surface area (Å²) in [5.74, 6) is -0.588. The average molecular weight is 488 g/mol. The third-order valence-corrected chi connectivity index (χ3v) is 6.33. The fraction of sp³-hybridized carbons (Fsp3) is 0.154. The lowest BCUT2D eigenvalue weighted by Gasteiger charge is -2.16. The second kappa shape index (κ2) is 9.19. The van der Waals surface area contributed by atoms with Crippen molar-refractivity contribution in [2.45, 2.75) is 6.42 Å². The standard InChI is InChI=1S/C26H21N3O5S/c1-29(2)18-5-3-4-15(10-18)11-19(25(30)17-7-9-22-23(13-17)34-14-33-22)24(26(31)32)16-6-8-20-21(12-16)28-35-27-20/h3-10,12-13H,11,14H2,1-2H3,(H,31,32)/b24-19+. The Kier molecular flexibility index (Phi) is 5.92. The number of hydrogen-bond donors (Lipinski definition) is 1. The minimum absolute atomic E-state index is 0.0715. The van der Waals surface area contributed by atoms with Crippen LogP contribution < -0.4 is 14.4 Å². The van der Waals surface area contributed by atoms with E-state index in [2.05, 4.69) is 8.75 Å². The summed E-state index contributed by atoms with van der Waals surface area (Å²) >= 11 is 1.05. The average Bonchev–Trinajstić information content (AvgIpc) is 3.51. The van der Waals surface area contributed by atoms with Gasteiger partial charge in [-0.05, 0) is 53.6 Å². The molecule has 0 saturated heterocycles. The molecule has 0 atom stereocenters. The topological polar surface area (TPSA) is 102 Å². The number of carboxylic acid groups (broad SMARTS) is 1. The van der Waals surface area contributed by atoms with Crippen molar-refractivity contribution in [3.63, 3.8) is 0 Å². The van der Waals surface area contributed by atoms with Crippen LogP contribution in [0.5, 0.6) is 11.5 Å². The number of Topliss-reactive ketones (excluding diaryl/α,β-unsaturated/α-hetero) is 1. The van der Waals surface area contributed by atoms with Crippen molar-refractivity contribution in [2.75, 3.05) is 25.8 Å². The molecule has 0 aliphatic carbocycles. The summed E-state index contributed by atoms with van der Waals surface area (Å²) in [6.45, 7) is 0.0784. The van der Waals surface area contributed by atoms with E-state index in [1.165, 1.54) is 0 Å². The van der Waals surface area contributed by atoms with Gasteiger partial charge in [-0.1, -0.05) is 18.2 Å². The molecule has 1 aliphatic heterocycles. The van der Waals surface area contributed by atoms with Crippen molar-refractivity contribution in [1.29, 1.82) is 0 Å². The van der Waals surface area contributed by atoms with Crippen molar-refractivity contribution in [2.24, 2.45) is 0 Å². The second-order valence-electron chi connectivity index (χ2n) is 8.26. The predicted molar refractivity (Wildman–Crippen MR) is 133 cm³/mol. The van der Waals surface area contributed by atoms with Crippen LogP contribution in [0, 0.1) is 0 Å². The molecule has 0 amide bonds. The molecule has 4 aromatic rings. The summed E-state index contributed by atoms with van der Waals surface area (Å²) < 4.78 is 19.2. The predicted octanol–water partition coefficient (Wildman–Crippen LogP) is 4.45. The molecule has 3 aromatic carbocycles. The lowest BCUT2D eigenvalue weighted by atomic mass is 9.89. The minimum Gasteiger partial charge on any atom is -0.478 e. The molecule has 5 rings (SSSR count). The third-order valence-electron chi connectivity index (χ3n) is 5.77. The summed E-state index contributed by atoms with van der Waals surface area (Å²) in [7, 11) is 3.85. The Morgan fingerprint density at radius 2 is 1.71 bits per heavy atom. The van der Waals surface area contributed by atoms with Gasteiger partial charge in [0.05, 0.1) is 17.3 Å². The molecule has 0 radical (unpaired) electrons. The van der Waals surface area contributed by atoms with Gasteiger partial charge in [0.1, 0.15) is 11.0 Å². The Morgan fingerprint density at radius 1 is 0.943 bits per heavy atom. The number of nitrogens with zero attached hydrogens (tertiary/aromatic N) is 3. The fourth-order valence-corrected chi connectivity index (χ4v) is 4.52. The summed E-state index contributed by atoms with van der Waals surface area (Å²) in [4.78, 5) is 28.4. The number of benzene rings is 3. The smallest absolute Gasteiger partial charge is 0.336 e. The molecular formula is C26H21N3O5S. The highest BCUT2D eigenvalue weighted by Crippen LogP contribution is 2.35. The number of carbonyl (C=O) groups is 2. The first-order chi connectivity index (χ1) is 16.9. The largest absolute Gasteiger partial charge is 0.478 e. The molecular weight excluding hydrogens is 466 g/mol. The van der Waals surface area contributed by atoms with Gasteiger partial charge in [-0.25, -0.2) is 4.79 Å². The van der Waals surface area contributed by atoms with E-state index in [1.54, 1.807) is 36.4 Å². The Morgan fingerprint density at radius 3 is 2.51 bits per heavy atom. The van der Waals surface area contributed by atoms with Crippen molar-refractivity contribution >= 4 is 45.8 Å². The van der Waals surface area contributed by atoms with Crippen LogP contribution in [0.15, 0.2) is 66.2 Å². The van der Waals surface area contributed by atoms with Gasteiger partial charge >= 0.3 is 5.97 Å². The number of fused-ring (bicyclic) bond motifs is 2. The van der Waals surface area contributed by atoms with Gasteiger partial charge < -0.3 is 19.5 Å². The van der Waals surface area contributed by atoms with E-state index in [4.69, 9.17) is 9.47 Å². The number of ketones is 1. The maximum atomic E-state index is 13.8. The Labute approximate surface area is 205 Å². The zero-order valence-electron chi connectivity index (χ0n) is 19.0. The molecule has 8 nitrogen and oxygen atoms in total. The first kappa shape index (κ1) is 22.5. The highest BCUT2D eigenvalue weighted by atomic mass is 32.1. The molecule has 9 heteroatoms. The van der Waals surface area contributed by atoms with Crippen molar-refractivity contribution in [3.05, 3.63) is 82.9 Å². The van der Waals surface area contributed by atoms with Gasteiger partial charge in [0.2, 0.25) is 6.79 Å². The monoisotopic (exact) mass is 487 g/mol. The van der Waals surface area contributed by atoms with Gasteiger partial charge in [-0.3, -0.25) is 4.79 Å². The lowest BCUT2D eigenvalue weighted by Crippen LogP contribution is -2.14. The maximum absolute atomic E-state index is 13.8. The van der Waals surface area contributed by atoms with Crippen LogP contribution in [0.1, 0.15) is 21.5 Å². The maximum Gasteiger partial charge on any atom is 0.336 e. The Bertz CT molecular complexity index is 1490. The number of aliphatic carboxylic acids is 1. The molecule has 1 N–H and O–H groups in total.